The molecule has 3 rings (SSSR count). The van der Waals surface area contributed by atoms with Gasteiger partial charge in [0.1, 0.15) is 0 Å². The fourth-order valence-electron chi connectivity index (χ4n) is 2.58. The molecule has 21 heavy (non-hydrogen) atoms. The average molecular weight is 343 g/mol. The van der Waals surface area contributed by atoms with Gasteiger partial charge in [-0.15, -0.1) is 0 Å². The minimum atomic E-state index is 0.129. The Hall–Kier alpha value is -1.94. The highest BCUT2D eigenvalue weighted by molar-refractivity contribution is 9.10. The molecule has 0 radical (unpaired) electrons. The quantitative estimate of drug-likeness (QED) is 0.672. The molecular formula is C17H15BrN2O. The summed E-state index contributed by atoms with van der Waals surface area (Å²) < 4.78 is 2.97. The number of aromatic nitrogens is 2. The lowest BCUT2D eigenvalue weighted by molar-refractivity contribution is 0.0994. The molecule has 0 fully saturated rings. The molecule has 0 aliphatic rings. The number of pyridine rings is 1. The molecule has 0 bridgehead atoms. The van der Waals surface area contributed by atoms with Crippen LogP contribution in [0.25, 0.3) is 10.9 Å². The molecule has 3 aromatic rings. The second kappa shape index (κ2) is 5.45. The van der Waals surface area contributed by atoms with Crippen LogP contribution in [0.15, 0.2) is 47.2 Å². The highest BCUT2D eigenvalue weighted by atomic mass is 79.9. The number of hydrogen-bond donors (Lipinski definition) is 0. The van der Waals surface area contributed by atoms with Crippen molar-refractivity contribution in [3.05, 3.63) is 64.0 Å². The Kier molecular flexibility index (Phi) is 3.64. The maximum Gasteiger partial charge on any atom is 0.169 e. The monoisotopic (exact) mass is 342 g/mol. The van der Waals surface area contributed by atoms with E-state index in [2.05, 4.69) is 20.9 Å². The van der Waals surface area contributed by atoms with Gasteiger partial charge in [0.15, 0.2) is 5.78 Å². The van der Waals surface area contributed by atoms with Gasteiger partial charge in [-0.2, -0.15) is 0 Å². The maximum absolute atomic E-state index is 12.6. The molecule has 106 valence electrons. The number of fused-ring (bicyclic) bond motifs is 1. The van der Waals surface area contributed by atoms with Crippen LogP contribution in [0.1, 0.15) is 21.6 Å². The first-order valence-electron chi connectivity index (χ1n) is 6.74. The molecule has 0 aliphatic carbocycles. The molecule has 0 atom stereocenters. The van der Waals surface area contributed by atoms with Gasteiger partial charge in [0.2, 0.25) is 0 Å². The number of carbonyl (C=O) groups is 1. The summed E-state index contributed by atoms with van der Waals surface area (Å²) >= 11 is 3.47. The van der Waals surface area contributed by atoms with Gasteiger partial charge in [-0.05, 0) is 42.8 Å². The summed E-state index contributed by atoms with van der Waals surface area (Å²) in [5, 5.41) is 0.989. The number of benzene rings is 1. The predicted molar refractivity (Wildman–Crippen MR) is 87.6 cm³/mol. The van der Waals surface area contributed by atoms with Gasteiger partial charge >= 0.3 is 0 Å². The van der Waals surface area contributed by atoms with E-state index >= 15 is 0 Å². The standard InChI is InChI=1S/C17H15BrN2O/c1-11-7-12(5-6-19-11)8-17(21)15-10-20(2)16-4-3-13(18)9-14(15)16/h3-7,9-10H,8H2,1-2H3. The molecule has 4 heteroatoms. The molecule has 2 heterocycles. The summed E-state index contributed by atoms with van der Waals surface area (Å²) in [4.78, 5) is 16.8. The Morgan fingerprint density at radius 1 is 1.29 bits per heavy atom. The first-order valence-corrected chi connectivity index (χ1v) is 7.53. The average Bonchev–Trinajstić information content (AvgIpc) is 2.75. The minimum absolute atomic E-state index is 0.129. The van der Waals surface area contributed by atoms with Crippen molar-refractivity contribution in [1.29, 1.82) is 0 Å². The largest absolute Gasteiger partial charge is 0.350 e. The number of aryl methyl sites for hydroxylation is 2. The zero-order valence-electron chi connectivity index (χ0n) is 11.9. The fourth-order valence-corrected chi connectivity index (χ4v) is 2.94. The van der Waals surface area contributed by atoms with Crippen molar-refractivity contribution in [2.45, 2.75) is 13.3 Å². The SMILES string of the molecule is Cc1cc(CC(=O)c2cn(C)c3ccc(Br)cc23)ccn1. The Bertz CT molecular complexity index is 836. The van der Waals surface area contributed by atoms with Crippen molar-refractivity contribution in [3.8, 4) is 0 Å². The number of hydrogen-bond acceptors (Lipinski definition) is 2. The van der Waals surface area contributed by atoms with Crippen LogP contribution in [0.5, 0.6) is 0 Å². The number of nitrogens with zero attached hydrogens (tertiary/aromatic N) is 2. The molecule has 0 saturated carbocycles. The number of Topliss-reactive ketones (excluding diaryl/α,β-unsaturated/α-hetero) is 1. The Labute approximate surface area is 131 Å². The first-order chi connectivity index (χ1) is 10.0. The van der Waals surface area contributed by atoms with E-state index in [1.807, 2.05) is 55.1 Å². The van der Waals surface area contributed by atoms with Crippen LogP contribution in [0.3, 0.4) is 0 Å². The van der Waals surface area contributed by atoms with E-state index < -0.39 is 0 Å². The van der Waals surface area contributed by atoms with Crippen LogP contribution >= 0.6 is 15.9 Å². The van der Waals surface area contributed by atoms with Crippen molar-refractivity contribution in [2.24, 2.45) is 7.05 Å². The number of rotatable bonds is 3. The molecule has 0 aliphatic heterocycles. The van der Waals surface area contributed by atoms with Gasteiger partial charge in [0.25, 0.3) is 0 Å². The predicted octanol–water partition coefficient (Wildman–Crippen LogP) is 4.07. The summed E-state index contributed by atoms with van der Waals surface area (Å²) in [7, 11) is 1.96. The van der Waals surface area contributed by atoms with E-state index in [9.17, 15) is 4.79 Å². The fraction of sp³-hybridized carbons (Fsp3) is 0.176. The third-order valence-electron chi connectivity index (χ3n) is 3.58. The van der Waals surface area contributed by atoms with Gasteiger partial charge in [-0.3, -0.25) is 9.78 Å². The zero-order chi connectivity index (χ0) is 15.0. The third kappa shape index (κ3) is 2.76. The third-order valence-corrected chi connectivity index (χ3v) is 4.07. The molecule has 0 amide bonds. The van der Waals surface area contributed by atoms with Crippen molar-refractivity contribution in [1.82, 2.24) is 9.55 Å². The van der Waals surface area contributed by atoms with Gasteiger partial charge in [0, 0.05) is 52.5 Å². The lowest BCUT2D eigenvalue weighted by Crippen LogP contribution is -2.03. The molecular weight excluding hydrogens is 328 g/mol. The van der Waals surface area contributed by atoms with E-state index in [1.54, 1.807) is 6.20 Å². The van der Waals surface area contributed by atoms with Gasteiger partial charge in [-0.25, -0.2) is 0 Å². The number of carbonyl (C=O) groups excluding carboxylic acids is 1. The van der Waals surface area contributed by atoms with Crippen molar-refractivity contribution < 1.29 is 4.79 Å². The highest BCUT2D eigenvalue weighted by Gasteiger charge is 2.14. The first kappa shape index (κ1) is 14.0. The molecule has 0 saturated heterocycles. The summed E-state index contributed by atoms with van der Waals surface area (Å²) in [6.07, 6.45) is 4.06. The summed E-state index contributed by atoms with van der Waals surface area (Å²) in [6, 6.07) is 9.86. The topological polar surface area (TPSA) is 34.9 Å². The lowest BCUT2D eigenvalue weighted by atomic mass is 10.0. The van der Waals surface area contributed by atoms with Crippen LogP contribution in [0.4, 0.5) is 0 Å². The summed E-state index contributed by atoms with van der Waals surface area (Å²) in [5.74, 6) is 0.129. The van der Waals surface area contributed by atoms with Crippen LogP contribution in [-0.4, -0.2) is 15.3 Å². The van der Waals surface area contributed by atoms with Crippen LogP contribution in [0.2, 0.25) is 0 Å². The van der Waals surface area contributed by atoms with Gasteiger partial charge < -0.3 is 4.57 Å². The normalized spacial score (nSPS) is 11.0. The van der Waals surface area contributed by atoms with E-state index in [-0.39, 0.29) is 5.78 Å². The van der Waals surface area contributed by atoms with Crippen molar-refractivity contribution in [2.75, 3.05) is 0 Å². The molecule has 0 spiro atoms. The van der Waals surface area contributed by atoms with Crippen molar-refractivity contribution >= 4 is 32.6 Å². The van der Waals surface area contributed by atoms with E-state index in [4.69, 9.17) is 0 Å². The number of halogens is 1. The summed E-state index contributed by atoms with van der Waals surface area (Å²) in [5.41, 5.74) is 3.76. The van der Waals surface area contributed by atoms with Crippen LogP contribution in [0, 0.1) is 6.92 Å². The Morgan fingerprint density at radius 2 is 2.10 bits per heavy atom. The molecule has 1 aromatic carbocycles. The van der Waals surface area contributed by atoms with Gasteiger partial charge in [0.05, 0.1) is 0 Å². The summed E-state index contributed by atoms with van der Waals surface area (Å²) in [6.45, 7) is 1.93. The molecule has 3 nitrogen and oxygen atoms in total. The second-order valence-electron chi connectivity index (χ2n) is 5.22. The van der Waals surface area contributed by atoms with E-state index in [1.165, 1.54) is 0 Å². The van der Waals surface area contributed by atoms with Crippen molar-refractivity contribution in [3.63, 3.8) is 0 Å². The van der Waals surface area contributed by atoms with Crippen LogP contribution in [-0.2, 0) is 13.5 Å². The molecule has 0 N–H and O–H groups in total. The van der Waals surface area contributed by atoms with E-state index in [0.717, 1.165) is 32.2 Å². The van der Waals surface area contributed by atoms with E-state index in [0.29, 0.717) is 6.42 Å². The molecule has 2 aromatic heterocycles. The maximum atomic E-state index is 12.6. The number of ketones is 1. The molecule has 0 unspecified atom stereocenters. The lowest BCUT2D eigenvalue weighted by Gasteiger charge is -2.02. The highest BCUT2D eigenvalue weighted by Crippen LogP contribution is 2.25. The second-order valence-corrected chi connectivity index (χ2v) is 6.14. The Morgan fingerprint density at radius 3 is 2.86 bits per heavy atom. The minimum Gasteiger partial charge on any atom is -0.350 e. The zero-order valence-corrected chi connectivity index (χ0v) is 13.5. The van der Waals surface area contributed by atoms with Gasteiger partial charge in [-0.1, -0.05) is 15.9 Å². The smallest absolute Gasteiger partial charge is 0.169 e. The van der Waals surface area contributed by atoms with Crippen LogP contribution < -0.4 is 0 Å². The Balaban J connectivity index is 2.00.